The van der Waals surface area contributed by atoms with Crippen molar-refractivity contribution in [3.8, 4) is 0 Å². The molecule has 0 spiro atoms. The van der Waals surface area contributed by atoms with Gasteiger partial charge in [0.15, 0.2) is 22.3 Å². The molecule has 0 unspecified atom stereocenters. The van der Waals surface area contributed by atoms with E-state index in [-0.39, 0.29) is 0 Å². The Bertz CT molecular complexity index is 5060. The van der Waals surface area contributed by atoms with Crippen molar-refractivity contribution >= 4 is 144 Å². The second-order valence-corrected chi connectivity index (χ2v) is 24.0. The number of hydrogen-bond donors (Lipinski definition) is 0. The van der Waals surface area contributed by atoms with E-state index in [1.807, 2.05) is 0 Å². The van der Waals surface area contributed by atoms with Crippen LogP contribution in [0.25, 0.3) is 110 Å². The van der Waals surface area contributed by atoms with Crippen molar-refractivity contribution in [1.29, 1.82) is 0 Å². The van der Waals surface area contributed by atoms with Crippen LogP contribution in [-0.4, -0.2) is 0 Å². The lowest BCUT2D eigenvalue weighted by atomic mass is 9.79. The summed E-state index contributed by atoms with van der Waals surface area (Å²) < 4.78 is 28.9. The van der Waals surface area contributed by atoms with Crippen LogP contribution in [0.3, 0.4) is 0 Å². The Morgan fingerprint density at radius 2 is 0.928 bits per heavy atom. The van der Waals surface area contributed by atoms with Gasteiger partial charge in [-0.1, -0.05) is 190 Å². The molecule has 6 nitrogen and oxygen atoms in total. The summed E-state index contributed by atoms with van der Waals surface area (Å²) in [5, 5.41) is 13.8. The maximum Gasteiger partial charge on any atom is 0.159 e. The summed E-state index contributed by atoms with van der Waals surface area (Å²) in [5.41, 5.74) is 16.6. The fourth-order valence-electron chi connectivity index (χ4n) is 15.7. The van der Waals surface area contributed by atoms with Crippen molar-refractivity contribution in [2.24, 2.45) is 5.92 Å². The van der Waals surface area contributed by atoms with E-state index >= 15 is 0 Å². The molecule has 4 aliphatic carbocycles. The molecule has 18 rings (SSSR count). The number of nitrogens with zero attached hydrogens (tertiary/aromatic N) is 2. The van der Waals surface area contributed by atoms with Crippen molar-refractivity contribution in [3.05, 3.63) is 216 Å². The first kappa shape index (κ1) is 47.4. The fraction of sp³-hybridized carbons (Fsp3) is 0.195. The molecule has 4 heterocycles. The maximum atomic E-state index is 7.43. The lowest BCUT2D eigenvalue weighted by Crippen LogP contribution is -2.12. The Morgan fingerprint density at radius 1 is 0.386 bits per heavy atom. The molecule has 0 N–H and O–H groups in total. The fourth-order valence-corrected chi connectivity index (χ4v) is 15.7. The first-order valence-corrected chi connectivity index (χ1v) is 30.5. The number of allylic oxidation sites excluding steroid dienone is 5. The third-order valence-electron chi connectivity index (χ3n) is 19.5. The van der Waals surface area contributed by atoms with Crippen LogP contribution in [0.2, 0.25) is 0 Å². The lowest BCUT2D eigenvalue weighted by Gasteiger charge is -2.29. The van der Waals surface area contributed by atoms with E-state index in [0.29, 0.717) is 11.8 Å². The highest BCUT2D eigenvalue weighted by atomic mass is 16.3. The average molecular weight is 1080 g/mol. The van der Waals surface area contributed by atoms with E-state index in [1.165, 1.54) is 113 Å². The van der Waals surface area contributed by atoms with Crippen LogP contribution in [-0.2, 0) is 12.8 Å². The zero-order chi connectivity index (χ0) is 54.3. The summed E-state index contributed by atoms with van der Waals surface area (Å²) in [6.07, 6.45) is 26.4. The first-order chi connectivity index (χ1) is 41.2. The minimum Gasteiger partial charge on any atom is -0.458 e. The third-order valence-corrected chi connectivity index (χ3v) is 19.5. The van der Waals surface area contributed by atoms with E-state index in [1.54, 1.807) is 0 Å². The topological polar surface area (TPSA) is 59.0 Å². The number of benzene rings is 10. The summed E-state index contributed by atoms with van der Waals surface area (Å²) >= 11 is 0. The van der Waals surface area contributed by atoms with Crippen molar-refractivity contribution in [2.45, 2.75) is 89.4 Å². The number of rotatable bonds is 8. The van der Waals surface area contributed by atoms with E-state index in [0.717, 1.165) is 136 Å². The van der Waals surface area contributed by atoms with Gasteiger partial charge in [-0.2, -0.15) is 0 Å². The minimum atomic E-state index is 0.486. The van der Waals surface area contributed by atoms with Gasteiger partial charge in [0, 0.05) is 60.6 Å². The number of anilines is 6. The highest BCUT2D eigenvalue weighted by Crippen LogP contribution is 2.54. The van der Waals surface area contributed by atoms with Crippen LogP contribution < -0.4 is 9.80 Å². The number of aryl methyl sites for hydroxylation is 1. The highest BCUT2D eigenvalue weighted by Gasteiger charge is 2.33. The standard InChI is InChI=1S/C77H60N2O4/c1-4-18-46(19-5-1)50-24-12-26-56-58-30-16-34-66(76(58)82-72(50)56)78(64-32-14-28-54-52-22-8-3-9-36-68(52)80-74(54)64)62-44-40-48-39-43-61-63(45-41-49-38-42-60(62)70(48)71(49)61)79(65-33-15-29-55-53-23-10-11-37-69(53)81-75(55)65)67-35-17-31-59-57-27-13-25-51(73(57)83-77(59)67)47-20-6-2-7-21-47/h3,8-11,13-17,22-25,27-35,37-47H,1-2,4-7,12,18-21,26,36H2. The zero-order valence-electron chi connectivity index (χ0n) is 46.3. The smallest absolute Gasteiger partial charge is 0.159 e. The molecule has 402 valence electrons. The lowest BCUT2D eigenvalue weighted by molar-refractivity contribution is 0.420. The summed E-state index contributed by atoms with van der Waals surface area (Å²) in [6, 6.07) is 60.5. The maximum absolute atomic E-state index is 7.43. The second kappa shape index (κ2) is 18.6. The van der Waals surface area contributed by atoms with Gasteiger partial charge in [0.2, 0.25) is 0 Å². The Hall–Kier alpha value is -9.26. The van der Waals surface area contributed by atoms with Gasteiger partial charge in [-0.15, -0.1) is 0 Å². The molecule has 4 aromatic heterocycles. The number of furan rings is 4. The van der Waals surface area contributed by atoms with Crippen molar-refractivity contribution in [3.63, 3.8) is 0 Å². The van der Waals surface area contributed by atoms with Gasteiger partial charge < -0.3 is 27.5 Å². The molecule has 10 aromatic carbocycles. The van der Waals surface area contributed by atoms with E-state index < -0.39 is 0 Å². The Labute approximate surface area is 480 Å². The molecule has 6 heteroatoms. The number of fused-ring (bicyclic) bond motifs is 12. The zero-order valence-corrected chi connectivity index (χ0v) is 46.3. The Balaban J connectivity index is 0.890. The SMILES string of the molecule is C1=CCc2oc3c(N(c4ccc5ccc6c(N(c7cccc8c7oc7ccccc78)c7cccc8c7oc7c(C9CCCCC9)cccc78)ccc7ccc4c5c76)c4cccc5c6c(oc45)C(C4CCCCC4)=CCC6)cccc3c2C=C1. The normalized spacial score (nSPS) is 16.2. The summed E-state index contributed by atoms with van der Waals surface area (Å²) in [7, 11) is 0. The highest BCUT2D eigenvalue weighted by molar-refractivity contribution is 6.29. The van der Waals surface area contributed by atoms with Gasteiger partial charge in [0.1, 0.15) is 22.7 Å². The van der Waals surface area contributed by atoms with Gasteiger partial charge in [-0.3, -0.25) is 0 Å². The predicted octanol–water partition coefficient (Wildman–Crippen LogP) is 22.9. The first-order valence-electron chi connectivity index (χ1n) is 30.5. The molecule has 0 amide bonds. The van der Waals surface area contributed by atoms with Crippen molar-refractivity contribution < 1.29 is 17.7 Å². The van der Waals surface area contributed by atoms with E-state index in [2.05, 4.69) is 204 Å². The van der Waals surface area contributed by atoms with Gasteiger partial charge in [-0.25, -0.2) is 0 Å². The Morgan fingerprint density at radius 3 is 1.61 bits per heavy atom. The minimum absolute atomic E-state index is 0.486. The van der Waals surface area contributed by atoms with Crippen LogP contribution in [0, 0.1) is 5.92 Å². The van der Waals surface area contributed by atoms with Gasteiger partial charge in [-0.05, 0) is 126 Å². The molecule has 4 aliphatic rings. The van der Waals surface area contributed by atoms with Crippen LogP contribution in [0.15, 0.2) is 206 Å². The number of para-hydroxylation sites is 6. The summed E-state index contributed by atoms with van der Waals surface area (Å²) in [4.78, 5) is 4.88. The van der Waals surface area contributed by atoms with Crippen molar-refractivity contribution in [1.82, 2.24) is 0 Å². The largest absolute Gasteiger partial charge is 0.458 e. The van der Waals surface area contributed by atoms with Crippen molar-refractivity contribution in [2.75, 3.05) is 9.80 Å². The molecule has 83 heavy (non-hydrogen) atoms. The molecule has 0 bridgehead atoms. The van der Waals surface area contributed by atoms with E-state index in [9.17, 15) is 0 Å². The summed E-state index contributed by atoms with van der Waals surface area (Å²) in [6.45, 7) is 0. The number of hydrogen-bond acceptors (Lipinski definition) is 6. The molecule has 0 atom stereocenters. The van der Waals surface area contributed by atoms with Gasteiger partial charge >= 0.3 is 0 Å². The second-order valence-electron chi connectivity index (χ2n) is 24.0. The molecule has 2 fully saturated rings. The van der Waals surface area contributed by atoms with Gasteiger partial charge in [0.05, 0.1) is 34.1 Å². The molecule has 0 saturated heterocycles. The molecular formula is C77H60N2O4. The monoisotopic (exact) mass is 1080 g/mol. The van der Waals surface area contributed by atoms with Gasteiger partial charge in [0.25, 0.3) is 0 Å². The predicted molar refractivity (Wildman–Crippen MR) is 344 cm³/mol. The van der Waals surface area contributed by atoms with E-state index in [4.69, 9.17) is 17.7 Å². The average Bonchev–Trinajstić information content (AvgIpc) is 2.78. The van der Waals surface area contributed by atoms with Crippen LogP contribution in [0.5, 0.6) is 0 Å². The van der Waals surface area contributed by atoms with Crippen LogP contribution in [0.4, 0.5) is 34.1 Å². The Kier molecular flexibility index (Phi) is 10.6. The molecular weight excluding hydrogens is 1020 g/mol. The quantitative estimate of drug-likeness (QED) is 0.141. The third kappa shape index (κ3) is 7.14. The molecule has 14 aromatic rings. The molecule has 0 radical (unpaired) electrons. The van der Waals surface area contributed by atoms with Crippen LogP contribution >= 0.6 is 0 Å². The summed E-state index contributed by atoms with van der Waals surface area (Å²) in [5.74, 6) is 3.09. The molecule has 2 saturated carbocycles. The molecule has 0 aliphatic heterocycles. The van der Waals surface area contributed by atoms with Crippen LogP contribution in [0.1, 0.15) is 105 Å².